The van der Waals surface area contributed by atoms with Crippen molar-refractivity contribution in [2.45, 2.75) is 39.7 Å². The third-order valence-electron chi connectivity index (χ3n) is 2.52. The van der Waals surface area contributed by atoms with Crippen molar-refractivity contribution in [3.8, 4) is 6.07 Å². The van der Waals surface area contributed by atoms with E-state index in [2.05, 4.69) is 21.6 Å². The summed E-state index contributed by atoms with van der Waals surface area (Å²) >= 11 is 0. The van der Waals surface area contributed by atoms with E-state index >= 15 is 0 Å². The van der Waals surface area contributed by atoms with Gasteiger partial charge in [-0.05, 0) is 20.3 Å². The van der Waals surface area contributed by atoms with E-state index in [4.69, 9.17) is 5.26 Å². The van der Waals surface area contributed by atoms with E-state index in [0.29, 0.717) is 17.7 Å². The van der Waals surface area contributed by atoms with Gasteiger partial charge in [0.25, 0.3) is 5.91 Å². The summed E-state index contributed by atoms with van der Waals surface area (Å²) in [5, 5.41) is 18.2. The second-order valence-corrected chi connectivity index (χ2v) is 3.75. The first kappa shape index (κ1) is 12.2. The molecule has 0 saturated heterocycles. The number of amides is 1. The Morgan fingerprint density at radius 1 is 1.62 bits per heavy atom. The Bertz CT molecular complexity index is 397. The summed E-state index contributed by atoms with van der Waals surface area (Å²) in [6.45, 7) is 5.53. The Morgan fingerprint density at radius 3 is 2.75 bits per heavy atom. The lowest BCUT2D eigenvalue weighted by atomic mass is 10.1. The molecule has 1 amide bonds. The van der Waals surface area contributed by atoms with Crippen LogP contribution >= 0.6 is 0 Å². The largest absolute Gasteiger partial charge is 0.348 e. The Hall–Kier alpha value is -1.83. The SMILES string of the molecule is CCC(CC#N)NC(=O)c1c(C)n[nH]c1C. The van der Waals surface area contributed by atoms with Crippen molar-refractivity contribution in [3.63, 3.8) is 0 Å². The van der Waals surface area contributed by atoms with Gasteiger partial charge < -0.3 is 5.32 Å². The number of H-pyrrole nitrogens is 1. The van der Waals surface area contributed by atoms with E-state index in [1.165, 1.54) is 0 Å². The lowest BCUT2D eigenvalue weighted by Crippen LogP contribution is -2.34. The third kappa shape index (κ3) is 2.60. The van der Waals surface area contributed by atoms with Crippen LogP contribution in [-0.2, 0) is 0 Å². The molecule has 0 radical (unpaired) electrons. The monoisotopic (exact) mass is 220 g/mol. The summed E-state index contributed by atoms with van der Waals surface area (Å²) in [6.07, 6.45) is 1.08. The summed E-state index contributed by atoms with van der Waals surface area (Å²) < 4.78 is 0. The summed E-state index contributed by atoms with van der Waals surface area (Å²) in [4.78, 5) is 11.9. The van der Waals surface area contributed by atoms with E-state index in [1.807, 2.05) is 6.92 Å². The molecule has 1 rings (SSSR count). The number of hydrogen-bond donors (Lipinski definition) is 2. The maximum atomic E-state index is 11.9. The van der Waals surface area contributed by atoms with Gasteiger partial charge in [0.1, 0.15) is 0 Å². The highest BCUT2D eigenvalue weighted by Crippen LogP contribution is 2.10. The number of hydrogen-bond acceptors (Lipinski definition) is 3. The van der Waals surface area contributed by atoms with E-state index in [1.54, 1.807) is 13.8 Å². The second-order valence-electron chi connectivity index (χ2n) is 3.75. The first-order valence-corrected chi connectivity index (χ1v) is 5.29. The molecule has 5 nitrogen and oxygen atoms in total. The van der Waals surface area contributed by atoms with Crippen LogP contribution in [0.2, 0.25) is 0 Å². The maximum Gasteiger partial charge on any atom is 0.255 e. The van der Waals surface area contributed by atoms with Crippen molar-refractivity contribution >= 4 is 5.91 Å². The summed E-state index contributed by atoms with van der Waals surface area (Å²) in [5.74, 6) is -0.161. The van der Waals surface area contributed by atoms with Crippen LogP contribution in [0, 0.1) is 25.2 Å². The summed E-state index contributed by atoms with van der Waals surface area (Å²) in [7, 11) is 0. The number of aromatic nitrogens is 2. The molecule has 1 heterocycles. The summed E-state index contributed by atoms with van der Waals surface area (Å²) in [6, 6.07) is 1.97. The van der Waals surface area contributed by atoms with Crippen LogP contribution in [0.25, 0.3) is 0 Å². The van der Waals surface area contributed by atoms with Gasteiger partial charge in [0.05, 0.1) is 23.7 Å². The molecule has 0 aliphatic carbocycles. The molecule has 0 aliphatic heterocycles. The Kier molecular flexibility index (Phi) is 4.06. The lowest BCUT2D eigenvalue weighted by molar-refractivity contribution is 0.0935. The number of aromatic amines is 1. The van der Waals surface area contributed by atoms with Crippen LogP contribution in [0.1, 0.15) is 41.5 Å². The lowest BCUT2D eigenvalue weighted by Gasteiger charge is -2.13. The van der Waals surface area contributed by atoms with Gasteiger partial charge in [-0.3, -0.25) is 9.89 Å². The standard InChI is InChI=1S/C11H16N4O/c1-4-9(5-6-12)13-11(16)10-7(2)14-15-8(10)3/h9H,4-5H2,1-3H3,(H,13,16)(H,14,15). The predicted molar refractivity (Wildman–Crippen MR) is 59.8 cm³/mol. The molecule has 0 fully saturated rings. The van der Waals surface area contributed by atoms with Gasteiger partial charge in [0, 0.05) is 11.7 Å². The zero-order valence-electron chi connectivity index (χ0n) is 9.79. The molecule has 5 heteroatoms. The smallest absolute Gasteiger partial charge is 0.255 e. The quantitative estimate of drug-likeness (QED) is 0.805. The normalized spacial score (nSPS) is 11.9. The average Bonchev–Trinajstić information content (AvgIpc) is 2.57. The van der Waals surface area contributed by atoms with Crippen molar-refractivity contribution in [2.75, 3.05) is 0 Å². The zero-order valence-corrected chi connectivity index (χ0v) is 9.79. The van der Waals surface area contributed by atoms with Crippen molar-refractivity contribution in [1.82, 2.24) is 15.5 Å². The Labute approximate surface area is 94.9 Å². The van der Waals surface area contributed by atoms with Crippen LogP contribution in [0.4, 0.5) is 0 Å². The van der Waals surface area contributed by atoms with Crippen LogP contribution in [0.15, 0.2) is 0 Å². The fraction of sp³-hybridized carbons (Fsp3) is 0.545. The Morgan fingerprint density at radius 2 is 2.31 bits per heavy atom. The highest BCUT2D eigenvalue weighted by molar-refractivity contribution is 5.96. The van der Waals surface area contributed by atoms with Gasteiger partial charge in [-0.15, -0.1) is 0 Å². The molecule has 0 aliphatic rings. The number of nitrogens with zero attached hydrogens (tertiary/aromatic N) is 2. The van der Waals surface area contributed by atoms with Crippen LogP contribution < -0.4 is 5.32 Å². The summed E-state index contributed by atoms with van der Waals surface area (Å²) in [5.41, 5.74) is 2.01. The van der Waals surface area contributed by atoms with Crippen molar-refractivity contribution in [2.24, 2.45) is 0 Å². The molecule has 2 N–H and O–H groups in total. The van der Waals surface area contributed by atoms with Gasteiger partial charge in [-0.1, -0.05) is 6.92 Å². The number of nitrogens with one attached hydrogen (secondary N) is 2. The fourth-order valence-electron chi connectivity index (χ4n) is 1.55. The molecule has 1 aromatic heterocycles. The molecule has 0 aromatic carbocycles. The fourth-order valence-corrected chi connectivity index (χ4v) is 1.55. The molecule has 86 valence electrons. The van der Waals surface area contributed by atoms with Crippen LogP contribution in [-0.4, -0.2) is 22.1 Å². The van der Waals surface area contributed by atoms with Gasteiger partial charge in [-0.25, -0.2) is 0 Å². The maximum absolute atomic E-state index is 11.9. The van der Waals surface area contributed by atoms with Gasteiger partial charge >= 0.3 is 0 Å². The Balaban J connectivity index is 2.76. The van der Waals surface area contributed by atoms with Crippen molar-refractivity contribution in [3.05, 3.63) is 17.0 Å². The third-order valence-corrected chi connectivity index (χ3v) is 2.52. The van der Waals surface area contributed by atoms with E-state index in [-0.39, 0.29) is 11.9 Å². The van der Waals surface area contributed by atoms with E-state index < -0.39 is 0 Å². The molecule has 1 aromatic rings. The predicted octanol–water partition coefficient (Wildman–Crippen LogP) is 1.45. The van der Waals surface area contributed by atoms with Gasteiger partial charge in [-0.2, -0.15) is 10.4 Å². The highest BCUT2D eigenvalue weighted by atomic mass is 16.1. The minimum Gasteiger partial charge on any atom is -0.348 e. The highest BCUT2D eigenvalue weighted by Gasteiger charge is 2.17. The first-order chi connectivity index (χ1) is 7.60. The minimum absolute atomic E-state index is 0.0915. The number of rotatable bonds is 4. The average molecular weight is 220 g/mol. The van der Waals surface area contributed by atoms with Crippen molar-refractivity contribution < 1.29 is 4.79 Å². The van der Waals surface area contributed by atoms with E-state index in [0.717, 1.165) is 12.1 Å². The molecular weight excluding hydrogens is 204 g/mol. The molecule has 0 bridgehead atoms. The number of aryl methyl sites for hydroxylation is 2. The van der Waals surface area contributed by atoms with Crippen LogP contribution in [0.5, 0.6) is 0 Å². The number of carbonyl (C=O) groups excluding carboxylic acids is 1. The van der Waals surface area contributed by atoms with E-state index in [9.17, 15) is 4.79 Å². The van der Waals surface area contributed by atoms with Gasteiger partial charge in [0.15, 0.2) is 0 Å². The molecular formula is C11H16N4O. The molecule has 1 unspecified atom stereocenters. The van der Waals surface area contributed by atoms with Crippen molar-refractivity contribution in [1.29, 1.82) is 5.26 Å². The molecule has 16 heavy (non-hydrogen) atoms. The molecule has 0 saturated carbocycles. The first-order valence-electron chi connectivity index (χ1n) is 5.29. The number of carbonyl (C=O) groups is 1. The molecule has 1 atom stereocenters. The molecule has 0 spiro atoms. The number of nitriles is 1. The second kappa shape index (κ2) is 5.31. The van der Waals surface area contributed by atoms with Gasteiger partial charge in [0.2, 0.25) is 0 Å². The minimum atomic E-state index is -0.161. The topological polar surface area (TPSA) is 81.6 Å². The zero-order chi connectivity index (χ0) is 12.1. The van der Waals surface area contributed by atoms with Crippen LogP contribution in [0.3, 0.4) is 0 Å².